The van der Waals surface area contributed by atoms with E-state index >= 15 is 0 Å². The van der Waals surface area contributed by atoms with Crippen LogP contribution in [0.5, 0.6) is 0 Å². The lowest BCUT2D eigenvalue weighted by molar-refractivity contribution is 0.229. The number of hydrogen-bond acceptors (Lipinski definition) is 1. The van der Waals surface area contributed by atoms with Crippen molar-refractivity contribution in [1.82, 2.24) is 0 Å². The summed E-state index contributed by atoms with van der Waals surface area (Å²) in [5.74, 6) is 0. The van der Waals surface area contributed by atoms with E-state index in [0.29, 0.717) is 15.6 Å². The van der Waals surface area contributed by atoms with E-state index in [-0.39, 0.29) is 0 Å². The van der Waals surface area contributed by atoms with Crippen LogP contribution < -0.4 is 0 Å². The van der Waals surface area contributed by atoms with Crippen LogP contribution in [0, 0.1) is 0 Å². The van der Waals surface area contributed by atoms with Gasteiger partial charge in [0.2, 0.25) is 0 Å². The highest BCUT2D eigenvalue weighted by molar-refractivity contribution is 6.42. The minimum atomic E-state index is -0.681. The quantitative estimate of drug-likeness (QED) is 0.731. The van der Waals surface area contributed by atoms with E-state index < -0.39 is 6.10 Å². The van der Waals surface area contributed by atoms with Crippen LogP contribution in [0.1, 0.15) is 11.7 Å². The van der Waals surface area contributed by atoms with Gasteiger partial charge in [-0.1, -0.05) is 35.3 Å². The molecule has 0 aromatic heterocycles. The zero-order chi connectivity index (χ0) is 9.14. The molecule has 0 amide bonds. The highest BCUT2D eigenvalue weighted by Crippen LogP contribution is 2.25. The van der Waals surface area contributed by atoms with Crippen molar-refractivity contribution in [2.75, 3.05) is 0 Å². The van der Waals surface area contributed by atoms with Crippen LogP contribution in [0.2, 0.25) is 10.0 Å². The lowest BCUT2D eigenvalue weighted by Gasteiger charge is -2.05. The maximum absolute atomic E-state index is 9.32. The van der Waals surface area contributed by atoms with Gasteiger partial charge >= 0.3 is 0 Å². The van der Waals surface area contributed by atoms with Crippen LogP contribution in [0.25, 0.3) is 0 Å². The van der Waals surface area contributed by atoms with E-state index in [1.165, 1.54) is 6.08 Å². The van der Waals surface area contributed by atoms with Crippen LogP contribution >= 0.6 is 23.2 Å². The molecule has 12 heavy (non-hydrogen) atoms. The molecule has 1 nitrogen and oxygen atoms in total. The fraction of sp³-hybridized carbons (Fsp3) is 0.111. The zero-order valence-electron chi connectivity index (χ0n) is 6.30. The Morgan fingerprint density at radius 3 is 2.50 bits per heavy atom. The number of benzene rings is 1. The van der Waals surface area contributed by atoms with Gasteiger partial charge in [0, 0.05) is 0 Å². The van der Waals surface area contributed by atoms with Crippen LogP contribution in [0.4, 0.5) is 0 Å². The molecule has 0 unspecified atom stereocenters. The lowest BCUT2D eigenvalue weighted by Crippen LogP contribution is -1.91. The summed E-state index contributed by atoms with van der Waals surface area (Å²) < 4.78 is 0. The third-order valence-corrected chi connectivity index (χ3v) is 2.25. The first-order chi connectivity index (χ1) is 5.65. The van der Waals surface area contributed by atoms with Crippen molar-refractivity contribution < 1.29 is 5.11 Å². The van der Waals surface area contributed by atoms with E-state index in [1.54, 1.807) is 18.2 Å². The predicted octanol–water partition coefficient (Wildman–Crippen LogP) is 3.21. The average Bonchev–Trinajstić information content (AvgIpc) is 2.08. The third-order valence-electron chi connectivity index (χ3n) is 1.51. The van der Waals surface area contributed by atoms with Crippen LogP contribution in [-0.4, -0.2) is 5.11 Å². The molecule has 1 atom stereocenters. The minimum Gasteiger partial charge on any atom is -0.384 e. The first-order valence-corrected chi connectivity index (χ1v) is 4.16. The van der Waals surface area contributed by atoms with Crippen LogP contribution in [-0.2, 0) is 0 Å². The second kappa shape index (κ2) is 3.94. The summed E-state index contributed by atoms with van der Waals surface area (Å²) >= 11 is 11.4. The summed E-state index contributed by atoms with van der Waals surface area (Å²) in [4.78, 5) is 0. The van der Waals surface area contributed by atoms with E-state index in [0.717, 1.165) is 0 Å². The van der Waals surface area contributed by atoms with Gasteiger partial charge in [-0.3, -0.25) is 0 Å². The molecule has 1 rings (SSSR count). The van der Waals surface area contributed by atoms with Gasteiger partial charge < -0.3 is 5.11 Å². The van der Waals surface area contributed by atoms with Gasteiger partial charge in [0.15, 0.2) is 0 Å². The predicted molar refractivity (Wildman–Crippen MR) is 51.6 cm³/mol. The topological polar surface area (TPSA) is 20.2 Å². The Balaban J connectivity index is 3.04. The average molecular weight is 203 g/mol. The Morgan fingerprint density at radius 1 is 1.33 bits per heavy atom. The molecule has 0 bridgehead atoms. The van der Waals surface area contributed by atoms with Gasteiger partial charge in [0.05, 0.1) is 16.1 Å². The third kappa shape index (κ3) is 2.01. The number of rotatable bonds is 2. The molecular formula is C9H8Cl2O. The lowest BCUT2D eigenvalue weighted by atomic mass is 10.1. The Morgan fingerprint density at radius 2 is 2.00 bits per heavy atom. The second-order valence-electron chi connectivity index (χ2n) is 2.35. The molecule has 1 N–H and O–H groups in total. The van der Waals surface area contributed by atoms with Gasteiger partial charge in [-0.2, -0.15) is 0 Å². The van der Waals surface area contributed by atoms with Gasteiger partial charge in [-0.05, 0) is 17.7 Å². The first kappa shape index (κ1) is 9.59. The minimum absolute atomic E-state index is 0.440. The summed E-state index contributed by atoms with van der Waals surface area (Å²) in [6.45, 7) is 3.46. The Kier molecular flexibility index (Phi) is 3.15. The number of halogens is 2. The standard InChI is InChI=1S/C9H8Cl2O/c1-2-9(12)6-3-4-7(10)8(11)5-6/h2-5,9,12H,1H2/t9-/m0/s1. The summed E-state index contributed by atoms with van der Waals surface area (Å²) in [6.07, 6.45) is 0.749. The van der Waals surface area contributed by atoms with Gasteiger partial charge in [-0.15, -0.1) is 6.58 Å². The molecule has 0 saturated carbocycles. The fourth-order valence-corrected chi connectivity index (χ4v) is 1.14. The van der Waals surface area contributed by atoms with Crippen molar-refractivity contribution in [3.8, 4) is 0 Å². The molecule has 1 aromatic rings. The summed E-state index contributed by atoms with van der Waals surface area (Å²) in [6, 6.07) is 4.97. The van der Waals surface area contributed by atoms with Crippen LogP contribution in [0.3, 0.4) is 0 Å². The maximum Gasteiger partial charge on any atom is 0.0969 e. The molecular weight excluding hydrogens is 195 g/mol. The smallest absolute Gasteiger partial charge is 0.0969 e. The second-order valence-corrected chi connectivity index (χ2v) is 3.17. The van der Waals surface area contributed by atoms with Gasteiger partial charge in [0.1, 0.15) is 0 Å². The number of hydrogen-bond donors (Lipinski definition) is 1. The molecule has 0 aliphatic rings. The summed E-state index contributed by atoms with van der Waals surface area (Å²) in [5.41, 5.74) is 0.694. The van der Waals surface area contributed by atoms with Crippen molar-refractivity contribution in [2.24, 2.45) is 0 Å². The maximum atomic E-state index is 9.32. The van der Waals surface area contributed by atoms with E-state index in [4.69, 9.17) is 23.2 Å². The largest absolute Gasteiger partial charge is 0.384 e. The molecule has 0 aliphatic heterocycles. The highest BCUT2D eigenvalue weighted by Gasteiger charge is 2.04. The highest BCUT2D eigenvalue weighted by atomic mass is 35.5. The summed E-state index contributed by atoms with van der Waals surface area (Å²) in [5, 5.41) is 10.2. The fourth-order valence-electron chi connectivity index (χ4n) is 0.832. The molecule has 1 aromatic carbocycles. The number of aliphatic hydroxyl groups excluding tert-OH is 1. The molecule has 0 fully saturated rings. The number of aliphatic hydroxyl groups is 1. The van der Waals surface area contributed by atoms with Gasteiger partial charge in [-0.25, -0.2) is 0 Å². The monoisotopic (exact) mass is 202 g/mol. The SMILES string of the molecule is C=C[C@H](O)c1ccc(Cl)c(Cl)c1. The van der Waals surface area contributed by atoms with E-state index in [2.05, 4.69) is 6.58 Å². The van der Waals surface area contributed by atoms with Gasteiger partial charge in [0.25, 0.3) is 0 Å². The molecule has 0 radical (unpaired) electrons. The zero-order valence-corrected chi connectivity index (χ0v) is 7.81. The Bertz CT molecular complexity index is 297. The van der Waals surface area contributed by atoms with Crippen molar-refractivity contribution in [2.45, 2.75) is 6.10 Å². The molecule has 0 spiro atoms. The normalized spacial score (nSPS) is 12.6. The first-order valence-electron chi connectivity index (χ1n) is 3.40. The van der Waals surface area contributed by atoms with Crippen LogP contribution in [0.15, 0.2) is 30.9 Å². The van der Waals surface area contributed by atoms with Crippen molar-refractivity contribution in [3.05, 3.63) is 46.5 Å². The van der Waals surface area contributed by atoms with E-state index in [9.17, 15) is 5.11 Å². The van der Waals surface area contributed by atoms with E-state index in [1.807, 2.05) is 0 Å². The van der Waals surface area contributed by atoms with Crippen molar-refractivity contribution >= 4 is 23.2 Å². The molecule has 0 heterocycles. The Hall–Kier alpha value is -0.500. The van der Waals surface area contributed by atoms with Crippen molar-refractivity contribution in [1.29, 1.82) is 0 Å². The molecule has 64 valence electrons. The molecule has 0 saturated heterocycles. The Labute approximate surface area is 81.2 Å². The van der Waals surface area contributed by atoms with Crippen molar-refractivity contribution in [3.63, 3.8) is 0 Å². The summed E-state index contributed by atoms with van der Waals surface area (Å²) in [7, 11) is 0. The molecule has 3 heteroatoms. The molecule has 0 aliphatic carbocycles.